The van der Waals surface area contributed by atoms with Crippen LogP contribution in [0, 0.1) is 0 Å². The monoisotopic (exact) mass is 389 g/mol. The van der Waals surface area contributed by atoms with Crippen molar-refractivity contribution in [2.24, 2.45) is 5.10 Å². The number of methoxy groups -OCH3 is 1. The van der Waals surface area contributed by atoms with Crippen LogP contribution in [0.5, 0.6) is 5.75 Å². The Kier molecular flexibility index (Phi) is 4.64. The molecule has 0 atom stereocenters. The lowest BCUT2D eigenvalue weighted by Gasteiger charge is -2.27. The van der Waals surface area contributed by atoms with E-state index < -0.39 is 6.09 Å². The number of nitrogens with zero attached hydrogens (tertiary/aromatic N) is 3. The first kappa shape index (κ1) is 18.5. The van der Waals surface area contributed by atoms with E-state index in [1.165, 1.54) is 9.91 Å². The van der Waals surface area contributed by atoms with Gasteiger partial charge < -0.3 is 9.47 Å². The van der Waals surface area contributed by atoms with Crippen LogP contribution in [0.25, 0.3) is 0 Å². The van der Waals surface area contributed by atoms with Crippen LogP contribution in [-0.2, 0) is 9.53 Å². The van der Waals surface area contributed by atoms with Crippen LogP contribution in [0.3, 0.4) is 0 Å². The third kappa shape index (κ3) is 3.27. The summed E-state index contributed by atoms with van der Waals surface area (Å²) < 4.78 is 10.7. The third-order valence-corrected chi connectivity index (χ3v) is 4.67. The van der Waals surface area contributed by atoms with Gasteiger partial charge in [-0.3, -0.25) is 9.69 Å². The van der Waals surface area contributed by atoms with Crippen LogP contribution in [0.2, 0.25) is 0 Å². The molecule has 2 amide bonds. The molecule has 0 saturated heterocycles. The fraction of sp³-hybridized carbons (Fsp3) is 0.136. The molecular weight excluding hydrogens is 370 g/mol. The van der Waals surface area contributed by atoms with E-state index in [2.05, 4.69) is 5.10 Å². The summed E-state index contributed by atoms with van der Waals surface area (Å²) in [5, 5.41) is 5.65. The van der Waals surface area contributed by atoms with Gasteiger partial charge in [-0.15, -0.1) is 0 Å². The number of cyclic esters (lactones) is 1. The number of rotatable bonds is 3. The molecule has 2 aromatic rings. The van der Waals surface area contributed by atoms with Crippen molar-refractivity contribution in [3.05, 3.63) is 77.7 Å². The molecule has 0 unspecified atom stereocenters. The molecule has 0 N–H and O–H groups in total. The Morgan fingerprint density at radius 2 is 1.62 bits per heavy atom. The highest BCUT2D eigenvalue weighted by Gasteiger charge is 2.35. The van der Waals surface area contributed by atoms with E-state index in [4.69, 9.17) is 9.47 Å². The van der Waals surface area contributed by atoms with Crippen molar-refractivity contribution in [3.63, 3.8) is 0 Å². The normalized spacial score (nSPS) is 19.1. The summed E-state index contributed by atoms with van der Waals surface area (Å²) in [5.74, 6) is 0.549. The Hall–Kier alpha value is -3.87. The number of benzene rings is 2. The van der Waals surface area contributed by atoms with Gasteiger partial charge in [-0.05, 0) is 50.2 Å². The molecule has 146 valence electrons. The molecule has 7 nitrogen and oxygen atoms in total. The predicted molar refractivity (Wildman–Crippen MR) is 110 cm³/mol. The highest BCUT2D eigenvalue weighted by atomic mass is 16.6. The molecule has 29 heavy (non-hydrogen) atoms. The summed E-state index contributed by atoms with van der Waals surface area (Å²) in [4.78, 5) is 27.1. The first-order valence-electron chi connectivity index (χ1n) is 9.03. The Morgan fingerprint density at radius 1 is 0.931 bits per heavy atom. The first-order chi connectivity index (χ1) is 14.0. The molecule has 7 heteroatoms. The number of para-hydroxylation sites is 1. The van der Waals surface area contributed by atoms with Gasteiger partial charge in [0.25, 0.3) is 5.91 Å². The molecule has 2 aromatic carbocycles. The smallest absolute Gasteiger partial charge is 0.424 e. The summed E-state index contributed by atoms with van der Waals surface area (Å²) in [6, 6.07) is 16.2. The van der Waals surface area contributed by atoms with Gasteiger partial charge in [-0.25, -0.2) is 4.79 Å². The highest BCUT2D eigenvalue weighted by molar-refractivity contribution is 6.30. The van der Waals surface area contributed by atoms with E-state index in [0.29, 0.717) is 28.5 Å². The average molecular weight is 389 g/mol. The highest BCUT2D eigenvalue weighted by Crippen LogP contribution is 2.32. The number of amides is 2. The molecule has 2 aliphatic heterocycles. The van der Waals surface area contributed by atoms with Gasteiger partial charge in [0, 0.05) is 11.8 Å². The third-order valence-electron chi connectivity index (χ3n) is 4.67. The van der Waals surface area contributed by atoms with Crippen LogP contribution in [-0.4, -0.2) is 24.8 Å². The zero-order chi connectivity index (χ0) is 20.5. The van der Waals surface area contributed by atoms with Gasteiger partial charge in [-0.2, -0.15) is 10.1 Å². The van der Waals surface area contributed by atoms with E-state index in [0.717, 1.165) is 0 Å². The molecule has 0 spiro atoms. The largest absolute Gasteiger partial charge is 0.497 e. The van der Waals surface area contributed by atoms with E-state index in [-0.39, 0.29) is 17.2 Å². The van der Waals surface area contributed by atoms with E-state index in [9.17, 15) is 9.59 Å². The summed E-state index contributed by atoms with van der Waals surface area (Å²) in [6.45, 7) is 3.50. The van der Waals surface area contributed by atoms with Gasteiger partial charge in [-0.1, -0.05) is 18.2 Å². The predicted octanol–water partition coefficient (Wildman–Crippen LogP) is 4.23. The van der Waals surface area contributed by atoms with Crippen LogP contribution in [0.15, 0.2) is 82.8 Å². The molecule has 0 aromatic heterocycles. The lowest BCUT2D eigenvalue weighted by Crippen LogP contribution is -2.34. The van der Waals surface area contributed by atoms with Crippen molar-refractivity contribution in [1.29, 1.82) is 0 Å². The summed E-state index contributed by atoms with van der Waals surface area (Å²) in [6.07, 6.45) is 1.09. The molecule has 0 aliphatic carbocycles. The topological polar surface area (TPSA) is 71.4 Å². The zero-order valence-electron chi connectivity index (χ0n) is 16.2. The summed E-state index contributed by atoms with van der Waals surface area (Å²) in [5.41, 5.74) is 2.69. The van der Waals surface area contributed by atoms with Crippen molar-refractivity contribution in [1.82, 2.24) is 0 Å². The fourth-order valence-electron chi connectivity index (χ4n) is 3.26. The van der Waals surface area contributed by atoms with Crippen molar-refractivity contribution in [2.75, 3.05) is 17.0 Å². The van der Waals surface area contributed by atoms with Crippen molar-refractivity contribution in [3.8, 4) is 5.75 Å². The van der Waals surface area contributed by atoms with E-state index >= 15 is 0 Å². The second kappa shape index (κ2) is 7.27. The lowest BCUT2D eigenvalue weighted by atomic mass is 10.1. The number of hydrogen-bond donors (Lipinski definition) is 0. The zero-order valence-corrected chi connectivity index (χ0v) is 16.2. The van der Waals surface area contributed by atoms with Crippen LogP contribution < -0.4 is 14.6 Å². The molecule has 4 rings (SSSR count). The molecular formula is C22H19N3O4. The second-order valence-corrected chi connectivity index (χ2v) is 6.56. The maximum absolute atomic E-state index is 13.0. The van der Waals surface area contributed by atoms with E-state index in [1.54, 1.807) is 63.4 Å². The summed E-state index contributed by atoms with van der Waals surface area (Å²) in [7, 11) is 1.58. The Bertz CT molecular complexity index is 1070. The molecule has 0 fully saturated rings. The molecule has 0 radical (unpaired) electrons. The number of carbonyl (C=O) groups excluding carboxylic acids is 2. The molecule has 0 saturated carbocycles. The Balaban J connectivity index is 1.69. The minimum atomic E-state index is -0.587. The van der Waals surface area contributed by atoms with Gasteiger partial charge in [0.1, 0.15) is 17.1 Å². The van der Waals surface area contributed by atoms with Gasteiger partial charge in [0.15, 0.2) is 0 Å². The number of ether oxygens (including phenoxy) is 2. The fourth-order valence-corrected chi connectivity index (χ4v) is 3.26. The molecule has 2 heterocycles. The summed E-state index contributed by atoms with van der Waals surface area (Å²) >= 11 is 0. The number of anilines is 2. The van der Waals surface area contributed by atoms with Gasteiger partial charge in [0.05, 0.1) is 24.2 Å². The lowest BCUT2D eigenvalue weighted by molar-refractivity contribution is -0.114. The number of carbonyl (C=O) groups is 2. The number of hydrazone groups is 1. The Labute approximate surface area is 168 Å². The quantitative estimate of drug-likeness (QED) is 0.737. The maximum Gasteiger partial charge on any atom is 0.424 e. The van der Waals surface area contributed by atoms with E-state index in [1.807, 2.05) is 18.2 Å². The average Bonchev–Trinajstić information content (AvgIpc) is 3.02. The van der Waals surface area contributed by atoms with Crippen molar-refractivity contribution in [2.45, 2.75) is 13.8 Å². The molecule has 0 bridgehead atoms. The number of hydrogen-bond acceptors (Lipinski definition) is 5. The van der Waals surface area contributed by atoms with Gasteiger partial charge >= 0.3 is 6.09 Å². The van der Waals surface area contributed by atoms with Crippen LogP contribution in [0.4, 0.5) is 16.2 Å². The minimum absolute atomic E-state index is 0.196. The van der Waals surface area contributed by atoms with Gasteiger partial charge in [0.2, 0.25) is 0 Å². The minimum Gasteiger partial charge on any atom is -0.497 e. The maximum atomic E-state index is 13.0. The van der Waals surface area contributed by atoms with Crippen molar-refractivity contribution >= 4 is 29.1 Å². The number of allylic oxidation sites excluding steroid dienone is 2. The van der Waals surface area contributed by atoms with Crippen LogP contribution >= 0.6 is 0 Å². The standard InChI is InChI=1S/C22H19N3O4/c1-14-13-19(29-22(27)24(14)16-9-11-18(28-3)12-10-16)20-15(2)23-25(21(20)26)17-7-5-4-6-8-17/h4-13H,1-3H3/b20-19+. The second-order valence-electron chi connectivity index (χ2n) is 6.56. The first-order valence-corrected chi connectivity index (χ1v) is 9.03. The van der Waals surface area contributed by atoms with Crippen molar-refractivity contribution < 1.29 is 19.1 Å². The molecule has 2 aliphatic rings. The van der Waals surface area contributed by atoms with Crippen LogP contribution in [0.1, 0.15) is 13.8 Å². The Morgan fingerprint density at radius 3 is 2.24 bits per heavy atom. The SMILES string of the molecule is COc1ccc(N2C(=O)O/C(=C3/C(=O)N(c4ccccc4)N=C3C)C=C2C)cc1.